The van der Waals surface area contributed by atoms with E-state index in [2.05, 4.69) is 39.6 Å². The highest BCUT2D eigenvalue weighted by Crippen LogP contribution is 2.16. The van der Waals surface area contributed by atoms with E-state index in [0.717, 1.165) is 53.9 Å². The Bertz CT molecular complexity index is 550. The molecular formula is C15H23N5O. The third-order valence-corrected chi connectivity index (χ3v) is 3.23. The Morgan fingerprint density at radius 3 is 2.38 bits per heavy atom. The SMILES string of the molecule is CCCc1nc(NCC)cc(NCc2c(C)noc2C)n1. The van der Waals surface area contributed by atoms with Crippen molar-refractivity contribution in [2.45, 2.75) is 47.1 Å². The van der Waals surface area contributed by atoms with Crippen LogP contribution in [0.3, 0.4) is 0 Å². The molecule has 0 fully saturated rings. The third-order valence-electron chi connectivity index (χ3n) is 3.23. The highest BCUT2D eigenvalue weighted by atomic mass is 16.5. The van der Waals surface area contributed by atoms with E-state index in [-0.39, 0.29) is 0 Å². The number of nitrogens with zero attached hydrogens (tertiary/aromatic N) is 3. The van der Waals surface area contributed by atoms with Crippen LogP contribution in [0.1, 0.15) is 43.1 Å². The summed E-state index contributed by atoms with van der Waals surface area (Å²) in [6.45, 7) is 9.53. The molecule has 0 amide bonds. The van der Waals surface area contributed by atoms with Crippen LogP contribution in [0.5, 0.6) is 0 Å². The van der Waals surface area contributed by atoms with Crippen LogP contribution in [-0.2, 0) is 13.0 Å². The molecule has 2 aromatic heterocycles. The molecule has 0 spiro atoms. The van der Waals surface area contributed by atoms with Gasteiger partial charge in [-0.2, -0.15) is 0 Å². The molecule has 0 unspecified atom stereocenters. The zero-order valence-corrected chi connectivity index (χ0v) is 13.2. The normalized spacial score (nSPS) is 10.7. The van der Waals surface area contributed by atoms with Gasteiger partial charge in [-0.15, -0.1) is 0 Å². The van der Waals surface area contributed by atoms with Crippen molar-refractivity contribution >= 4 is 11.6 Å². The summed E-state index contributed by atoms with van der Waals surface area (Å²) in [4.78, 5) is 9.05. The molecule has 0 aliphatic carbocycles. The zero-order valence-electron chi connectivity index (χ0n) is 13.2. The van der Waals surface area contributed by atoms with Gasteiger partial charge in [0.2, 0.25) is 0 Å². The van der Waals surface area contributed by atoms with Crippen LogP contribution in [0.15, 0.2) is 10.6 Å². The van der Waals surface area contributed by atoms with E-state index >= 15 is 0 Å². The van der Waals surface area contributed by atoms with Gasteiger partial charge in [0.1, 0.15) is 23.2 Å². The van der Waals surface area contributed by atoms with E-state index in [1.165, 1.54) is 0 Å². The Kier molecular flexibility index (Phi) is 5.14. The molecule has 21 heavy (non-hydrogen) atoms. The van der Waals surface area contributed by atoms with Gasteiger partial charge < -0.3 is 15.2 Å². The maximum atomic E-state index is 5.17. The van der Waals surface area contributed by atoms with Crippen LogP contribution in [-0.4, -0.2) is 21.7 Å². The lowest BCUT2D eigenvalue weighted by Crippen LogP contribution is -2.08. The van der Waals surface area contributed by atoms with Crippen molar-refractivity contribution in [1.29, 1.82) is 0 Å². The molecule has 2 rings (SSSR count). The molecule has 6 nitrogen and oxygen atoms in total. The van der Waals surface area contributed by atoms with Gasteiger partial charge in [0.15, 0.2) is 0 Å². The number of hydrogen-bond donors (Lipinski definition) is 2. The molecule has 0 bridgehead atoms. The summed E-state index contributed by atoms with van der Waals surface area (Å²) in [5.41, 5.74) is 1.99. The Hall–Kier alpha value is -2.11. The average Bonchev–Trinajstić information content (AvgIpc) is 2.76. The van der Waals surface area contributed by atoms with Crippen LogP contribution in [0, 0.1) is 13.8 Å². The van der Waals surface area contributed by atoms with Crippen molar-refractivity contribution in [2.75, 3.05) is 17.2 Å². The molecule has 0 radical (unpaired) electrons. The summed E-state index contributed by atoms with van der Waals surface area (Å²) in [6, 6.07) is 1.93. The van der Waals surface area contributed by atoms with Crippen molar-refractivity contribution in [3.63, 3.8) is 0 Å². The highest BCUT2D eigenvalue weighted by Gasteiger charge is 2.10. The topological polar surface area (TPSA) is 75.9 Å². The van der Waals surface area contributed by atoms with E-state index in [1.807, 2.05) is 19.9 Å². The van der Waals surface area contributed by atoms with Gasteiger partial charge in [0, 0.05) is 31.1 Å². The van der Waals surface area contributed by atoms with Gasteiger partial charge in [-0.25, -0.2) is 9.97 Å². The monoisotopic (exact) mass is 289 g/mol. The van der Waals surface area contributed by atoms with Gasteiger partial charge >= 0.3 is 0 Å². The van der Waals surface area contributed by atoms with Crippen molar-refractivity contribution in [3.05, 3.63) is 28.9 Å². The lowest BCUT2D eigenvalue weighted by Gasteiger charge is -2.10. The van der Waals surface area contributed by atoms with Gasteiger partial charge in [-0.05, 0) is 27.2 Å². The molecule has 0 aliphatic rings. The molecular weight excluding hydrogens is 266 g/mol. The largest absolute Gasteiger partial charge is 0.370 e. The molecule has 0 atom stereocenters. The fourth-order valence-corrected chi connectivity index (χ4v) is 2.13. The molecule has 2 heterocycles. The van der Waals surface area contributed by atoms with Crippen molar-refractivity contribution < 1.29 is 4.52 Å². The second kappa shape index (κ2) is 7.06. The Morgan fingerprint density at radius 2 is 1.81 bits per heavy atom. The first kappa shape index (κ1) is 15.3. The van der Waals surface area contributed by atoms with Gasteiger partial charge in [0.05, 0.1) is 5.69 Å². The highest BCUT2D eigenvalue weighted by molar-refractivity contribution is 5.48. The quantitative estimate of drug-likeness (QED) is 0.815. The maximum absolute atomic E-state index is 5.17. The molecule has 2 N–H and O–H groups in total. The number of rotatable bonds is 7. The first-order valence-corrected chi connectivity index (χ1v) is 7.41. The molecule has 6 heteroatoms. The molecule has 0 saturated carbocycles. The van der Waals surface area contributed by atoms with Crippen LogP contribution in [0.25, 0.3) is 0 Å². The van der Waals surface area contributed by atoms with E-state index in [4.69, 9.17) is 4.52 Å². The number of aromatic nitrogens is 3. The van der Waals surface area contributed by atoms with Crippen molar-refractivity contribution in [2.24, 2.45) is 0 Å². The second-order valence-electron chi connectivity index (χ2n) is 4.99. The summed E-state index contributed by atoms with van der Waals surface area (Å²) in [6.07, 6.45) is 1.90. The van der Waals surface area contributed by atoms with Crippen LogP contribution in [0.2, 0.25) is 0 Å². The smallest absolute Gasteiger partial charge is 0.138 e. The number of aryl methyl sites for hydroxylation is 3. The summed E-state index contributed by atoms with van der Waals surface area (Å²) in [5.74, 6) is 3.38. The third kappa shape index (κ3) is 3.93. The van der Waals surface area contributed by atoms with E-state index in [0.29, 0.717) is 6.54 Å². The van der Waals surface area contributed by atoms with Gasteiger partial charge in [0.25, 0.3) is 0 Å². The molecule has 0 aromatic carbocycles. The van der Waals surface area contributed by atoms with E-state index in [9.17, 15) is 0 Å². The minimum Gasteiger partial charge on any atom is -0.370 e. The standard InChI is InChI=1S/C15H23N5O/c1-5-7-13-18-14(16-6-2)8-15(19-13)17-9-12-10(3)20-21-11(12)4/h8H,5-7,9H2,1-4H3,(H2,16,17,18,19). The summed E-state index contributed by atoms with van der Waals surface area (Å²) in [5, 5.41) is 10.5. The first-order valence-electron chi connectivity index (χ1n) is 7.41. The van der Waals surface area contributed by atoms with E-state index in [1.54, 1.807) is 0 Å². The maximum Gasteiger partial charge on any atom is 0.138 e. The predicted molar refractivity (Wildman–Crippen MR) is 83.5 cm³/mol. The molecule has 0 aliphatic heterocycles. The van der Waals surface area contributed by atoms with Crippen molar-refractivity contribution in [1.82, 2.24) is 15.1 Å². The number of anilines is 2. The molecule has 114 valence electrons. The first-order chi connectivity index (χ1) is 10.1. The Balaban J connectivity index is 2.14. The summed E-state index contributed by atoms with van der Waals surface area (Å²) in [7, 11) is 0. The lowest BCUT2D eigenvalue weighted by molar-refractivity contribution is 0.392. The molecule has 0 saturated heterocycles. The number of hydrogen-bond acceptors (Lipinski definition) is 6. The van der Waals surface area contributed by atoms with Crippen LogP contribution < -0.4 is 10.6 Å². The van der Waals surface area contributed by atoms with Crippen LogP contribution >= 0.6 is 0 Å². The van der Waals surface area contributed by atoms with Gasteiger partial charge in [-0.1, -0.05) is 12.1 Å². The average molecular weight is 289 g/mol. The lowest BCUT2D eigenvalue weighted by atomic mass is 10.2. The fourth-order valence-electron chi connectivity index (χ4n) is 2.13. The van der Waals surface area contributed by atoms with Crippen LogP contribution in [0.4, 0.5) is 11.6 Å². The van der Waals surface area contributed by atoms with Crippen molar-refractivity contribution in [3.8, 4) is 0 Å². The fraction of sp³-hybridized carbons (Fsp3) is 0.533. The minimum absolute atomic E-state index is 0.648. The van der Waals surface area contributed by atoms with Gasteiger partial charge in [-0.3, -0.25) is 0 Å². The Labute approximate surface area is 125 Å². The number of nitrogens with one attached hydrogen (secondary N) is 2. The van der Waals surface area contributed by atoms with E-state index < -0.39 is 0 Å². The second-order valence-corrected chi connectivity index (χ2v) is 4.99. The summed E-state index contributed by atoms with van der Waals surface area (Å²) >= 11 is 0. The summed E-state index contributed by atoms with van der Waals surface area (Å²) < 4.78 is 5.17. The Morgan fingerprint density at radius 1 is 1.10 bits per heavy atom. The predicted octanol–water partition coefficient (Wildman–Crippen LogP) is 3.08. The molecule has 2 aromatic rings. The minimum atomic E-state index is 0.648. The zero-order chi connectivity index (χ0) is 15.2.